The van der Waals surface area contributed by atoms with Crippen LogP contribution in [0.25, 0.3) is 0 Å². The Balaban J connectivity index is 0.00000220. The Morgan fingerprint density at radius 2 is 1.62 bits per heavy atom. The van der Waals surface area contributed by atoms with Crippen LogP contribution in [-0.4, -0.2) is 31.1 Å². The molecule has 0 saturated carbocycles. The van der Waals surface area contributed by atoms with Crippen molar-refractivity contribution in [2.24, 2.45) is 5.41 Å². The second-order valence-corrected chi connectivity index (χ2v) is 7.25. The van der Waals surface area contributed by atoms with E-state index in [1.807, 2.05) is 20.8 Å². The first-order valence-corrected chi connectivity index (χ1v) is 7.69. The largest absolute Gasteiger partial charge is 0.314 e. The molecule has 1 aromatic rings. The van der Waals surface area contributed by atoms with E-state index in [2.05, 4.69) is 26.1 Å². The summed E-state index contributed by atoms with van der Waals surface area (Å²) in [6, 6.07) is 2.43. The number of rotatable bonds is 2. The van der Waals surface area contributed by atoms with Crippen molar-refractivity contribution in [2.45, 2.75) is 26.8 Å². The maximum absolute atomic E-state index is 14.3. The van der Waals surface area contributed by atoms with Gasteiger partial charge in [0.25, 0.3) is 0 Å². The SMILES string of the molecule is CC(C)(C)[C@@H](c1c(F)cc(Br)cc1F)N1CCNCC1.Cl. The lowest BCUT2D eigenvalue weighted by molar-refractivity contribution is 0.0804. The highest BCUT2D eigenvalue weighted by Crippen LogP contribution is 2.41. The van der Waals surface area contributed by atoms with E-state index in [1.54, 1.807) is 0 Å². The lowest BCUT2D eigenvalue weighted by Crippen LogP contribution is -2.48. The fourth-order valence-electron chi connectivity index (χ4n) is 2.92. The summed E-state index contributed by atoms with van der Waals surface area (Å²) in [7, 11) is 0. The van der Waals surface area contributed by atoms with E-state index >= 15 is 0 Å². The first-order chi connectivity index (χ1) is 9.30. The smallest absolute Gasteiger partial charge is 0.132 e. The summed E-state index contributed by atoms with van der Waals surface area (Å²) in [5, 5.41) is 3.27. The van der Waals surface area contributed by atoms with E-state index < -0.39 is 11.6 Å². The zero-order valence-corrected chi connectivity index (χ0v) is 15.0. The molecule has 6 heteroatoms. The minimum absolute atomic E-state index is 0. The monoisotopic (exact) mass is 382 g/mol. The molecule has 2 nitrogen and oxygen atoms in total. The molecule has 1 aromatic carbocycles. The molecule has 21 heavy (non-hydrogen) atoms. The van der Waals surface area contributed by atoms with Crippen molar-refractivity contribution in [3.05, 3.63) is 33.8 Å². The van der Waals surface area contributed by atoms with Gasteiger partial charge in [-0.25, -0.2) is 8.78 Å². The van der Waals surface area contributed by atoms with Crippen molar-refractivity contribution >= 4 is 28.3 Å². The third kappa shape index (κ3) is 4.38. The third-order valence-corrected chi connectivity index (χ3v) is 4.11. The van der Waals surface area contributed by atoms with Crippen molar-refractivity contribution in [1.29, 1.82) is 0 Å². The quantitative estimate of drug-likeness (QED) is 0.825. The van der Waals surface area contributed by atoms with Gasteiger partial charge in [0.1, 0.15) is 11.6 Å². The normalized spacial score (nSPS) is 18.2. The lowest BCUT2D eigenvalue weighted by atomic mass is 9.80. The van der Waals surface area contributed by atoms with Crippen LogP contribution in [0.5, 0.6) is 0 Å². The maximum Gasteiger partial charge on any atom is 0.132 e. The van der Waals surface area contributed by atoms with Gasteiger partial charge in [-0.05, 0) is 17.5 Å². The number of piperazine rings is 1. The standard InChI is InChI=1S/C15H21BrF2N2.ClH/c1-15(2,3)14(20-6-4-19-5-7-20)13-11(17)8-10(16)9-12(13)18;/h8-9,14,19H,4-7H2,1-3H3;1H/t14-;/m1./s1. The topological polar surface area (TPSA) is 15.3 Å². The Labute approximate surface area is 139 Å². The predicted molar refractivity (Wildman–Crippen MR) is 87.9 cm³/mol. The van der Waals surface area contributed by atoms with Crippen LogP contribution in [0.3, 0.4) is 0 Å². The van der Waals surface area contributed by atoms with Gasteiger partial charge in [0.15, 0.2) is 0 Å². The Morgan fingerprint density at radius 1 is 1.14 bits per heavy atom. The Hall–Kier alpha value is -0.230. The van der Waals surface area contributed by atoms with E-state index in [4.69, 9.17) is 0 Å². The summed E-state index contributed by atoms with van der Waals surface area (Å²) >= 11 is 3.14. The van der Waals surface area contributed by atoms with Crippen LogP contribution in [-0.2, 0) is 0 Å². The second kappa shape index (κ2) is 7.36. The van der Waals surface area contributed by atoms with Gasteiger partial charge in [-0.3, -0.25) is 4.90 Å². The Kier molecular flexibility index (Phi) is 6.59. The van der Waals surface area contributed by atoms with E-state index in [9.17, 15) is 8.78 Å². The van der Waals surface area contributed by atoms with Gasteiger partial charge < -0.3 is 5.32 Å². The molecule has 0 aromatic heterocycles. The lowest BCUT2D eigenvalue weighted by Gasteiger charge is -2.42. The van der Waals surface area contributed by atoms with Gasteiger partial charge in [0.05, 0.1) is 0 Å². The van der Waals surface area contributed by atoms with Gasteiger partial charge in [0.2, 0.25) is 0 Å². The third-order valence-electron chi connectivity index (χ3n) is 3.65. The van der Waals surface area contributed by atoms with Gasteiger partial charge in [-0.15, -0.1) is 12.4 Å². The first-order valence-electron chi connectivity index (χ1n) is 6.90. The van der Waals surface area contributed by atoms with Crippen LogP contribution in [0, 0.1) is 17.0 Å². The van der Waals surface area contributed by atoms with Crippen molar-refractivity contribution in [1.82, 2.24) is 10.2 Å². The number of nitrogens with zero attached hydrogens (tertiary/aromatic N) is 1. The van der Waals surface area contributed by atoms with Crippen LogP contribution < -0.4 is 5.32 Å². The second-order valence-electron chi connectivity index (χ2n) is 6.34. The zero-order valence-electron chi connectivity index (χ0n) is 12.5. The maximum atomic E-state index is 14.3. The first kappa shape index (κ1) is 18.8. The molecule has 2 rings (SSSR count). The van der Waals surface area contributed by atoms with Crippen LogP contribution in [0.1, 0.15) is 32.4 Å². The fourth-order valence-corrected chi connectivity index (χ4v) is 3.32. The number of halogens is 4. The van der Waals surface area contributed by atoms with Gasteiger partial charge >= 0.3 is 0 Å². The van der Waals surface area contributed by atoms with Crippen molar-refractivity contribution in [3.8, 4) is 0 Å². The van der Waals surface area contributed by atoms with Crippen LogP contribution >= 0.6 is 28.3 Å². The molecule has 1 aliphatic rings. The molecule has 0 bridgehead atoms. The summed E-state index contributed by atoms with van der Waals surface area (Å²) in [5.74, 6) is -0.953. The molecule has 0 radical (unpaired) electrons. The average molecular weight is 384 g/mol. The molecule has 1 aliphatic heterocycles. The minimum Gasteiger partial charge on any atom is -0.314 e. The summed E-state index contributed by atoms with van der Waals surface area (Å²) in [6.07, 6.45) is 0. The molecule has 1 N–H and O–H groups in total. The Bertz CT molecular complexity index is 462. The molecule has 120 valence electrons. The van der Waals surface area contributed by atoms with E-state index in [-0.39, 0.29) is 29.4 Å². The van der Waals surface area contributed by atoms with E-state index in [1.165, 1.54) is 12.1 Å². The van der Waals surface area contributed by atoms with Crippen molar-refractivity contribution in [3.63, 3.8) is 0 Å². The number of nitrogens with one attached hydrogen (secondary N) is 1. The molecular weight excluding hydrogens is 362 g/mol. The number of hydrogen-bond donors (Lipinski definition) is 1. The minimum atomic E-state index is -0.477. The summed E-state index contributed by atoms with van der Waals surface area (Å²) < 4.78 is 29.1. The zero-order chi connectivity index (χ0) is 14.9. The van der Waals surface area contributed by atoms with E-state index in [0.717, 1.165) is 26.2 Å². The molecule has 1 heterocycles. The molecule has 1 atom stereocenters. The van der Waals surface area contributed by atoms with Gasteiger partial charge in [-0.1, -0.05) is 36.7 Å². The Morgan fingerprint density at radius 3 is 2.05 bits per heavy atom. The molecule has 0 spiro atoms. The fraction of sp³-hybridized carbons (Fsp3) is 0.600. The van der Waals surface area contributed by atoms with Crippen LogP contribution in [0.15, 0.2) is 16.6 Å². The van der Waals surface area contributed by atoms with Crippen LogP contribution in [0.4, 0.5) is 8.78 Å². The van der Waals surface area contributed by atoms with Gasteiger partial charge in [-0.2, -0.15) is 0 Å². The number of benzene rings is 1. The predicted octanol–water partition coefficient (Wildman–Crippen LogP) is 4.14. The molecule has 1 saturated heterocycles. The van der Waals surface area contributed by atoms with E-state index in [0.29, 0.717) is 4.47 Å². The molecule has 0 amide bonds. The van der Waals surface area contributed by atoms with Gasteiger partial charge in [0, 0.05) is 42.3 Å². The van der Waals surface area contributed by atoms with Crippen molar-refractivity contribution in [2.75, 3.05) is 26.2 Å². The number of hydrogen-bond acceptors (Lipinski definition) is 2. The molecule has 0 aliphatic carbocycles. The molecular formula is C15H22BrClF2N2. The molecule has 0 unspecified atom stereocenters. The van der Waals surface area contributed by atoms with Crippen LogP contribution in [0.2, 0.25) is 0 Å². The summed E-state index contributed by atoms with van der Waals surface area (Å²) in [5.41, 5.74) is -0.0602. The highest BCUT2D eigenvalue weighted by Gasteiger charge is 2.36. The highest BCUT2D eigenvalue weighted by atomic mass is 79.9. The average Bonchev–Trinajstić information content (AvgIpc) is 2.33. The highest BCUT2D eigenvalue weighted by molar-refractivity contribution is 9.10. The van der Waals surface area contributed by atoms with Crippen molar-refractivity contribution < 1.29 is 8.78 Å². The summed E-state index contributed by atoms with van der Waals surface area (Å²) in [6.45, 7) is 9.40. The molecule has 1 fully saturated rings. The summed E-state index contributed by atoms with van der Waals surface area (Å²) in [4.78, 5) is 2.17.